The van der Waals surface area contributed by atoms with Crippen molar-refractivity contribution < 1.29 is 0 Å². The van der Waals surface area contributed by atoms with Crippen molar-refractivity contribution in [3.05, 3.63) is 47.8 Å². The predicted molar refractivity (Wildman–Crippen MR) is 95.8 cm³/mol. The number of hydrogen-bond acceptors (Lipinski definition) is 3. The second-order valence-corrected chi connectivity index (χ2v) is 6.71. The molecule has 0 spiro atoms. The van der Waals surface area contributed by atoms with Crippen LogP contribution < -0.4 is 5.32 Å². The molecule has 0 radical (unpaired) electrons. The molecule has 1 aliphatic rings. The van der Waals surface area contributed by atoms with Crippen LogP contribution in [0.5, 0.6) is 0 Å². The zero-order valence-corrected chi connectivity index (χ0v) is 14.3. The van der Waals surface area contributed by atoms with Gasteiger partial charge in [0.2, 0.25) is 0 Å². The van der Waals surface area contributed by atoms with Crippen LogP contribution in [0.3, 0.4) is 0 Å². The van der Waals surface area contributed by atoms with Crippen molar-refractivity contribution in [2.24, 2.45) is 0 Å². The first-order valence-corrected chi connectivity index (χ1v) is 8.74. The fraction of sp³-hybridized carbons (Fsp3) is 0.526. The summed E-state index contributed by atoms with van der Waals surface area (Å²) in [6.45, 7) is 8.89. The Morgan fingerprint density at radius 2 is 2.13 bits per heavy atom. The van der Waals surface area contributed by atoms with Gasteiger partial charge < -0.3 is 10.2 Å². The molecule has 4 heteroatoms. The number of hydrogen-bond donors (Lipinski definition) is 1. The zero-order valence-electron chi connectivity index (χ0n) is 14.3. The first-order chi connectivity index (χ1) is 11.2. The highest BCUT2D eigenvalue weighted by Crippen LogP contribution is 2.19. The fourth-order valence-electron chi connectivity index (χ4n) is 3.33. The lowest BCUT2D eigenvalue weighted by atomic mass is 10.0. The van der Waals surface area contributed by atoms with E-state index >= 15 is 0 Å². The number of rotatable bonds is 6. The third-order valence-electron chi connectivity index (χ3n) is 4.80. The maximum absolute atomic E-state index is 4.27. The Kier molecular flexibility index (Phi) is 5.34. The standard InChI is InChI=1S/C19H28N4/c1-16-7-8-18(14-17(16)2)21-19-6-3-10-22(15-19)11-5-13-23-12-4-9-20-23/h4,7-9,12,14,19,21H,3,5-6,10-11,13,15H2,1-2H3/t19-/m0/s1. The summed E-state index contributed by atoms with van der Waals surface area (Å²) < 4.78 is 2.02. The number of anilines is 1. The van der Waals surface area contributed by atoms with E-state index in [1.807, 2.05) is 23.1 Å². The summed E-state index contributed by atoms with van der Waals surface area (Å²) in [5.74, 6) is 0. The molecule has 0 aliphatic carbocycles. The molecule has 1 aromatic heterocycles. The Morgan fingerprint density at radius 3 is 2.91 bits per heavy atom. The lowest BCUT2D eigenvalue weighted by Crippen LogP contribution is -2.42. The van der Waals surface area contributed by atoms with Crippen molar-refractivity contribution in [2.45, 2.75) is 45.7 Å². The first-order valence-electron chi connectivity index (χ1n) is 8.74. The number of nitrogens with one attached hydrogen (secondary N) is 1. The summed E-state index contributed by atoms with van der Waals surface area (Å²) in [5.41, 5.74) is 3.98. The quantitative estimate of drug-likeness (QED) is 0.886. The smallest absolute Gasteiger partial charge is 0.0489 e. The fourth-order valence-corrected chi connectivity index (χ4v) is 3.33. The normalized spacial score (nSPS) is 19.0. The van der Waals surface area contributed by atoms with Crippen molar-refractivity contribution in [1.29, 1.82) is 0 Å². The van der Waals surface area contributed by atoms with Gasteiger partial charge in [0.25, 0.3) is 0 Å². The summed E-state index contributed by atoms with van der Waals surface area (Å²) >= 11 is 0. The molecule has 4 nitrogen and oxygen atoms in total. The van der Waals surface area contributed by atoms with Gasteiger partial charge in [-0.2, -0.15) is 5.10 Å². The molecule has 1 aliphatic heterocycles. The zero-order chi connectivity index (χ0) is 16.1. The van der Waals surface area contributed by atoms with Gasteiger partial charge >= 0.3 is 0 Å². The van der Waals surface area contributed by atoms with Gasteiger partial charge in [-0.25, -0.2) is 0 Å². The lowest BCUT2D eigenvalue weighted by molar-refractivity contribution is 0.210. The minimum atomic E-state index is 0.565. The molecule has 1 saturated heterocycles. The molecular weight excluding hydrogens is 284 g/mol. The topological polar surface area (TPSA) is 33.1 Å². The van der Waals surface area contributed by atoms with Gasteiger partial charge in [-0.3, -0.25) is 4.68 Å². The van der Waals surface area contributed by atoms with Crippen LogP contribution in [0, 0.1) is 13.8 Å². The van der Waals surface area contributed by atoms with Gasteiger partial charge in [-0.15, -0.1) is 0 Å². The van der Waals surface area contributed by atoms with Crippen LogP contribution in [0.25, 0.3) is 0 Å². The van der Waals surface area contributed by atoms with Gasteiger partial charge in [0.1, 0.15) is 0 Å². The van der Waals surface area contributed by atoms with E-state index in [1.54, 1.807) is 0 Å². The predicted octanol–water partition coefficient (Wildman–Crippen LogP) is 3.47. The Hall–Kier alpha value is -1.81. The monoisotopic (exact) mass is 312 g/mol. The minimum absolute atomic E-state index is 0.565. The lowest BCUT2D eigenvalue weighted by Gasteiger charge is -2.33. The number of aromatic nitrogens is 2. The van der Waals surface area contributed by atoms with Crippen LogP contribution in [0.15, 0.2) is 36.7 Å². The molecule has 2 aromatic rings. The highest BCUT2D eigenvalue weighted by molar-refractivity contribution is 5.48. The summed E-state index contributed by atoms with van der Waals surface area (Å²) in [5, 5.41) is 7.99. The minimum Gasteiger partial charge on any atom is -0.381 e. The number of likely N-dealkylation sites (tertiary alicyclic amines) is 1. The van der Waals surface area contributed by atoms with Crippen LogP contribution in [-0.4, -0.2) is 40.4 Å². The van der Waals surface area contributed by atoms with Crippen LogP contribution in [0.1, 0.15) is 30.4 Å². The van der Waals surface area contributed by atoms with E-state index in [0.717, 1.165) is 26.1 Å². The van der Waals surface area contributed by atoms with Crippen molar-refractivity contribution in [3.63, 3.8) is 0 Å². The van der Waals surface area contributed by atoms with Crippen LogP contribution in [0.2, 0.25) is 0 Å². The summed E-state index contributed by atoms with van der Waals surface area (Å²) in [6, 6.07) is 9.24. The number of piperidine rings is 1. The molecule has 23 heavy (non-hydrogen) atoms. The molecule has 0 unspecified atom stereocenters. The SMILES string of the molecule is Cc1ccc(N[C@H]2CCCN(CCCn3cccn3)C2)cc1C. The van der Waals surface area contributed by atoms with Crippen molar-refractivity contribution in [3.8, 4) is 0 Å². The van der Waals surface area contributed by atoms with Gasteiger partial charge in [0.15, 0.2) is 0 Å². The van der Waals surface area contributed by atoms with Gasteiger partial charge in [-0.1, -0.05) is 6.07 Å². The van der Waals surface area contributed by atoms with Gasteiger partial charge in [0.05, 0.1) is 0 Å². The molecule has 2 heterocycles. The Balaban J connectivity index is 1.46. The van der Waals surface area contributed by atoms with E-state index in [1.165, 1.54) is 36.2 Å². The van der Waals surface area contributed by atoms with Gasteiger partial charge in [-0.05, 0) is 75.5 Å². The maximum Gasteiger partial charge on any atom is 0.0489 e. The Bertz CT molecular complexity index is 606. The van der Waals surface area contributed by atoms with E-state index in [0.29, 0.717) is 6.04 Å². The van der Waals surface area contributed by atoms with Crippen molar-refractivity contribution >= 4 is 5.69 Å². The summed E-state index contributed by atoms with van der Waals surface area (Å²) in [4.78, 5) is 2.59. The molecule has 1 fully saturated rings. The molecule has 0 bridgehead atoms. The number of nitrogens with zero attached hydrogens (tertiary/aromatic N) is 3. The second-order valence-electron chi connectivity index (χ2n) is 6.71. The number of aryl methyl sites for hydroxylation is 3. The molecule has 1 N–H and O–H groups in total. The Labute approximate surface area is 139 Å². The molecule has 124 valence electrons. The molecule has 1 atom stereocenters. The average Bonchev–Trinajstić information content (AvgIpc) is 3.05. The third kappa shape index (κ3) is 4.58. The van der Waals surface area contributed by atoms with Crippen LogP contribution >= 0.6 is 0 Å². The van der Waals surface area contributed by atoms with E-state index in [-0.39, 0.29) is 0 Å². The van der Waals surface area contributed by atoms with Crippen molar-refractivity contribution in [2.75, 3.05) is 25.0 Å². The van der Waals surface area contributed by atoms with E-state index < -0.39 is 0 Å². The first kappa shape index (κ1) is 16.1. The molecule has 0 amide bonds. The highest BCUT2D eigenvalue weighted by atomic mass is 15.3. The maximum atomic E-state index is 4.27. The second kappa shape index (κ2) is 7.64. The third-order valence-corrected chi connectivity index (χ3v) is 4.80. The Morgan fingerprint density at radius 1 is 1.22 bits per heavy atom. The van der Waals surface area contributed by atoms with Crippen LogP contribution in [0.4, 0.5) is 5.69 Å². The molecule has 1 aromatic carbocycles. The van der Waals surface area contributed by atoms with E-state index in [4.69, 9.17) is 0 Å². The van der Waals surface area contributed by atoms with E-state index in [2.05, 4.69) is 47.4 Å². The summed E-state index contributed by atoms with van der Waals surface area (Å²) in [7, 11) is 0. The largest absolute Gasteiger partial charge is 0.381 e. The summed E-state index contributed by atoms with van der Waals surface area (Å²) in [6.07, 6.45) is 7.61. The molecule has 3 rings (SSSR count). The van der Waals surface area contributed by atoms with Gasteiger partial charge in [0, 0.05) is 37.2 Å². The average molecular weight is 312 g/mol. The highest BCUT2D eigenvalue weighted by Gasteiger charge is 2.19. The molecular formula is C19H28N4. The molecule has 0 saturated carbocycles. The van der Waals surface area contributed by atoms with E-state index in [9.17, 15) is 0 Å². The van der Waals surface area contributed by atoms with Crippen LogP contribution in [-0.2, 0) is 6.54 Å². The number of benzene rings is 1. The van der Waals surface area contributed by atoms with Crippen molar-refractivity contribution in [1.82, 2.24) is 14.7 Å².